The molecule has 0 bridgehead atoms. The summed E-state index contributed by atoms with van der Waals surface area (Å²) in [5.41, 5.74) is 1.44. The topological polar surface area (TPSA) is 107 Å². The zero-order chi connectivity index (χ0) is 22.3. The smallest absolute Gasteiger partial charge is 0.306 e. The number of nitrogens with zero attached hydrogens (tertiary/aromatic N) is 1. The highest BCUT2D eigenvalue weighted by Gasteiger charge is 2.27. The number of esters is 1. The first-order valence-corrected chi connectivity index (χ1v) is 9.64. The van der Waals surface area contributed by atoms with Gasteiger partial charge in [0.05, 0.1) is 32.8 Å². The molecule has 0 amide bonds. The molecule has 2 N–H and O–H groups in total. The van der Waals surface area contributed by atoms with Crippen molar-refractivity contribution >= 4 is 5.97 Å². The Morgan fingerprint density at radius 3 is 2.53 bits per heavy atom. The van der Waals surface area contributed by atoms with Crippen molar-refractivity contribution in [2.24, 2.45) is 0 Å². The predicted octanol–water partition coefficient (Wildman–Crippen LogP) is 2.09. The van der Waals surface area contributed by atoms with Crippen molar-refractivity contribution in [1.82, 2.24) is 4.57 Å². The third kappa shape index (κ3) is 5.20. The lowest BCUT2D eigenvalue weighted by Gasteiger charge is -2.21. The minimum atomic E-state index is -0.754. The number of aliphatic hydroxyl groups is 1. The summed E-state index contributed by atoms with van der Waals surface area (Å²) in [6.07, 6.45) is 0.484. The fourth-order valence-electron chi connectivity index (χ4n) is 3.52. The van der Waals surface area contributed by atoms with Crippen molar-refractivity contribution in [1.29, 1.82) is 0 Å². The highest BCUT2D eigenvalue weighted by atomic mass is 16.5. The van der Waals surface area contributed by atoms with E-state index in [0.29, 0.717) is 42.1 Å². The Morgan fingerprint density at radius 1 is 1.20 bits per heavy atom. The molecule has 2 rings (SSSR count). The van der Waals surface area contributed by atoms with Crippen molar-refractivity contribution < 1.29 is 29.2 Å². The third-order valence-corrected chi connectivity index (χ3v) is 5.08. The number of aliphatic hydroxyl groups excluding tert-OH is 1. The lowest BCUT2D eigenvalue weighted by atomic mass is 9.87. The number of aryl methyl sites for hydroxylation is 1. The van der Waals surface area contributed by atoms with Crippen LogP contribution >= 0.6 is 0 Å². The van der Waals surface area contributed by atoms with E-state index in [9.17, 15) is 19.8 Å². The van der Waals surface area contributed by atoms with Crippen LogP contribution in [0, 0.1) is 6.92 Å². The molecule has 0 aliphatic carbocycles. The Labute approximate surface area is 175 Å². The quantitative estimate of drug-likeness (QED) is 0.449. The molecule has 0 radical (unpaired) electrons. The number of rotatable bonds is 10. The number of carbonyl (C=O) groups is 1. The molecule has 8 heteroatoms. The van der Waals surface area contributed by atoms with Crippen LogP contribution in [-0.2, 0) is 27.4 Å². The van der Waals surface area contributed by atoms with Crippen LogP contribution < -0.4 is 10.3 Å². The molecule has 0 saturated heterocycles. The summed E-state index contributed by atoms with van der Waals surface area (Å²) in [5.74, 6) is -0.971. The molecule has 2 aromatic rings. The lowest BCUT2D eigenvalue weighted by molar-refractivity contribution is -0.140. The van der Waals surface area contributed by atoms with Crippen LogP contribution in [-0.4, -0.2) is 48.7 Å². The molecule has 0 aliphatic rings. The van der Waals surface area contributed by atoms with Crippen LogP contribution in [0.3, 0.4) is 0 Å². The monoisotopic (exact) mass is 419 g/mol. The van der Waals surface area contributed by atoms with Crippen LogP contribution in [0.15, 0.2) is 29.1 Å². The van der Waals surface area contributed by atoms with E-state index in [0.717, 1.165) is 0 Å². The third-order valence-electron chi connectivity index (χ3n) is 5.08. The Balaban J connectivity index is 2.64. The Hall–Kier alpha value is -2.84. The molecule has 0 saturated carbocycles. The summed E-state index contributed by atoms with van der Waals surface area (Å²) >= 11 is 0. The standard InChI is InChI=1S/C22H29NO7/c1-14-10-18(25)21(22(27)23(14)8-5-9-28-2)17(12-20(26)30-4)15-6-7-19(29-3)16(11-15)13-24/h6-7,10-11,17,24-25H,5,8-9,12-13H2,1-4H3. The SMILES string of the molecule is COCCCn1c(C)cc(O)c(C(CC(=O)OC)c2ccc(OC)c(CO)c2)c1=O. The molecule has 30 heavy (non-hydrogen) atoms. The van der Waals surface area contributed by atoms with Crippen molar-refractivity contribution in [3.05, 3.63) is 57.0 Å². The predicted molar refractivity (Wildman–Crippen MR) is 111 cm³/mol. The van der Waals surface area contributed by atoms with E-state index in [-0.39, 0.29) is 29.9 Å². The van der Waals surface area contributed by atoms with Gasteiger partial charge >= 0.3 is 5.97 Å². The molecule has 1 aromatic heterocycles. The van der Waals surface area contributed by atoms with E-state index in [4.69, 9.17) is 14.2 Å². The summed E-state index contributed by atoms with van der Waals surface area (Å²) in [5, 5.41) is 20.3. The average Bonchev–Trinajstić information content (AvgIpc) is 2.74. The van der Waals surface area contributed by atoms with E-state index in [1.54, 1.807) is 36.8 Å². The largest absolute Gasteiger partial charge is 0.507 e. The van der Waals surface area contributed by atoms with Gasteiger partial charge in [-0.1, -0.05) is 6.07 Å². The van der Waals surface area contributed by atoms with Crippen molar-refractivity contribution in [3.63, 3.8) is 0 Å². The van der Waals surface area contributed by atoms with Gasteiger partial charge in [-0.25, -0.2) is 0 Å². The number of aromatic nitrogens is 1. The first kappa shape index (κ1) is 23.4. The normalized spacial score (nSPS) is 11.9. The van der Waals surface area contributed by atoms with Gasteiger partial charge in [-0.2, -0.15) is 0 Å². The summed E-state index contributed by atoms with van der Waals surface area (Å²) < 4.78 is 16.7. The maximum atomic E-state index is 13.3. The second kappa shape index (κ2) is 10.8. The van der Waals surface area contributed by atoms with Gasteiger partial charge in [0.2, 0.25) is 0 Å². The van der Waals surface area contributed by atoms with Crippen LogP contribution in [0.5, 0.6) is 11.5 Å². The first-order chi connectivity index (χ1) is 14.4. The van der Waals surface area contributed by atoms with Gasteiger partial charge in [-0.3, -0.25) is 9.59 Å². The first-order valence-electron chi connectivity index (χ1n) is 9.64. The minimum Gasteiger partial charge on any atom is -0.507 e. The fourth-order valence-corrected chi connectivity index (χ4v) is 3.52. The molecule has 1 heterocycles. The van der Waals surface area contributed by atoms with Crippen LogP contribution in [0.25, 0.3) is 0 Å². The van der Waals surface area contributed by atoms with E-state index in [1.807, 2.05) is 0 Å². The van der Waals surface area contributed by atoms with Gasteiger partial charge in [0, 0.05) is 37.4 Å². The summed E-state index contributed by atoms with van der Waals surface area (Å²) in [4.78, 5) is 25.4. The number of methoxy groups -OCH3 is 3. The van der Waals surface area contributed by atoms with Gasteiger partial charge in [0.25, 0.3) is 5.56 Å². The number of aromatic hydroxyl groups is 1. The molecule has 1 aromatic carbocycles. The van der Waals surface area contributed by atoms with E-state index < -0.39 is 11.9 Å². The van der Waals surface area contributed by atoms with E-state index in [1.165, 1.54) is 20.3 Å². The van der Waals surface area contributed by atoms with Crippen LogP contribution in [0.2, 0.25) is 0 Å². The highest BCUT2D eigenvalue weighted by Crippen LogP contribution is 2.34. The fraction of sp³-hybridized carbons (Fsp3) is 0.455. The maximum absolute atomic E-state index is 13.3. The van der Waals surface area contributed by atoms with Crippen LogP contribution in [0.4, 0.5) is 0 Å². The molecule has 1 unspecified atom stereocenters. The summed E-state index contributed by atoms with van der Waals surface area (Å²) in [6.45, 7) is 2.38. The van der Waals surface area contributed by atoms with Crippen LogP contribution in [0.1, 0.15) is 41.1 Å². The average molecular weight is 419 g/mol. The number of hydrogen-bond acceptors (Lipinski definition) is 7. The number of benzene rings is 1. The van der Waals surface area contributed by atoms with E-state index in [2.05, 4.69) is 0 Å². The summed E-state index contributed by atoms with van der Waals surface area (Å²) in [7, 11) is 4.35. The molecule has 1 atom stereocenters. The zero-order valence-electron chi connectivity index (χ0n) is 17.8. The van der Waals surface area contributed by atoms with Gasteiger partial charge in [-0.05, 0) is 37.1 Å². The summed E-state index contributed by atoms with van der Waals surface area (Å²) in [6, 6.07) is 6.55. The van der Waals surface area contributed by atoms with Gasteiger partial charge < -0.3 is 29.0 Å². The van der Waals surface area contributed by atoms with Gasteiger partial charge in [0.15, 0.2) is 0 Å². The van der Waals surface area contributed by atoms with Crippen molar-refractivity contribution in [2.75, 3.05) is 27.9 Å². The van der Waals surface area contributed by atoms with E-state index >= 15 is 0 Å². The number of pyridine rings is 1. The van der Waals surface area contributed by atoms with Crippen molar-refractivity contribution in [2.45, 2.75) is 38.8 Å². The zero-order valence-corrected chi connectivity index (χ0v) is 17.8. The second-order valence-corrected chi connectivity index (χ2v) is 6.95. The van der Waals surface area contributed by atoms with Gasteiger partial charge in [-0.15, -0.1) is 0 Å². The van der Waals surface area contributed by atoms with Gasteiger partial charge in [0.1, 0.15) is 11.5 Å². The molecule has 0 spiro atoms. The highest BCUT2D eigenvalue weighted by molar-refractivity contribution is 5.71. The Morgan fingerprint density at radius 2 is 1.93 bits per heavy atom. The molecule has 164 valence electrons. The molecule has 0 fully saturated rings. The second-order valence-electron chi connectivity index (χ2n) is 6.95. The number of ether oxygens (including phenoxy) is 3. The Kier molecular flexibility index (Phi) is 8.44. The van der Waals surface area contributed by atoms with Crippen molar-refractivity contribution in [3.8, 4) is 11.5 Å². The molecule has 8 nitrogen and oxygen atoms in total. The molecular weight excluding hydrogens is 390 g/mol. The molecule has 0 aliphatic heterocycles. The minimum absolute atomic E-state index is 0.109. The Bertz CT molecular complexity index is 936. The number of carbonyl (C=O) groups excluding carboxylic acids is 1. The number of hydrogen-bond donors (Lipinski definition) is 2. The maximum Gasteiger partial charge on any atom is 0.306 e. The lowest BCUT2D eigenvalue weighted by Crippen LogP contribution is -2.29. The molecular formula is C22H29NO7.